The molecule has 1 saturated heterocycles. The molecule has 1 aromatic rings. The number of aliphatic hydroxyl groups excluding tert-OH is 1. The van der Waals surface area contributed by atoms with Crippen LogP contribution in [0.15, 0.2) is 24.5 Å². The van der Waals surface area contributed by atoms with Crippen LogP contribution in [0.3, 0.4) is 0 Å². The van der Waals surface area contributed by atoms with Gasteiger partial charge in [-0.1, -0.05) is 0 Å². The van der Waals surface area contributed by atoms with E-state index in [1.54, 1.807) is 0 Å². The summed E-state index contributed by atoms with van der Waals surface area (Å²) in [4.78, 5) is 8.84. The van der Waals surface area contributed by atoms with Crippen LogP contribution in [0.1, 0.15) is 12.0 Å². The summed E-state index contributed by atoms with van der Waals surface area (Å²) in [5, 5.41) is 9.06. The molecule has 0 saturated carbocycles. The van der Waals surface area contributed by atoms with Crippen molar-refractivity contribution in [2.24, 2.45) is 0 Å². The maximum absolute atomic E-state index is 9.06. The number of rotatable bonds is 4. The third-order valence-electron chi connectivity index (χ3n) is 3.48. The summed E-state index contributed by atoms with van der Waals surface area (Å²) in [5.41, 5.74) is 1.31. The fourth-order valence-electron chi connectivity index (χ4n) is 2.36. The number of hydrogen-bond donors (Lipinski definition) is 1. The number of aromatic nitrogens is 1. The first-order valence-corrected chi connectivity index (χ1v) is 6.22. The summed E-state index contributed by atoms with van der Waals surface area (Å²) in [6.07, 6.45) is 4.55. The zero-order chi connectivity index (χ0) is 12.1. The van der Waals surface area contributed by atoms with Gasteiger partial charge in [0.25, 0.3) is 0 Å². The summed E-state index contributed by atoms with van der Waals surface area (Å²) in [6.45, 7) is 4.48. The number of pyridine rings is 1. The fraction of sp³-hybridized carbons (Fsp3) is 0.615. The number of aliphatic hydroxyl groups is 1. The monoisotopic (exact) mass is 235 g/mol. The van der Waals surface area contributed by atoms with Crippen molar-refractivity contribution in [1.29, 1.82) is 0 Å². The van der Waals surface area contributed by atoms with Gasteiger partial charge in [0, 0.05) is 51.2 Å². The average Bonchev–Trinajstić information content (AvgIpc) is 2.35. The third kappa shape index (κ3) is 3.49. The lowest BCUT2D eigenvalue weighted by Gasteiger charge is -2.39. The first-order chi connectivity index (χ1) is 8.29. The van der Waals surface area contributed by atoms with E-state index < -0.39 is 0 Å². The highest BCUT2D eigenvalue weighted by molar-refractivity contribution is 5.09. The maximum Gasteiger partial charge on any atom is 0.0446 e. The summed E-state index contributed by atoms with van der Waals surface area (Å²) in [5.74, 6) is 0. The van der Waals surface area contributed by atoms with E-state index in [2.05, 4.69) is 34.0 Å². The Bertz CT molecular complexity index is 331. The number of hydrogen-bond acceptors (Lipinski definition) is 4. The van der Waals surface area contributed by atoms with Crippen LogP contribution in [-0.4, -0.2) is 59.2 Å². The van der Waals surface area contributed by atoms with Crippen LogP contribution < -0.4 is 0 Å². The van der Waals surface area contributed by atoms with Crippen molar-refractivity contribution < 1.29 is 5.11 Å². The van der Waals surface area contributed by atoms with Crippen molar-refractivity contribution in [2.45, 2.75) is 19.0 Å². The number of likely N-dealkylation sites (N-methyl/N-ethyl adjacent to an activating group) is 1. The van der Waals surface area contributed by atoms with Crippen LogP contribution in [0, 0.1) is 0 Å². The van der Waals surface area contributed by atoms with E-state index in [4.69, 9.17) is 5.11 Å². The van der Waals surface area contributed by atoms with Gasteiger partial charge in [0.1, 0.15) is 0 Å². The van der Waals surface area contributed by atoms with Crippen LogP contribution in [-0.2, 0) is 6.54 Å². The molecule has 1 aliphatic rings. The molecular formula is C13H21N3O. The molecular weight excluding hydrogens is 214 g/mol. The van der Waals surface area contributed by atoms with Crippen LogP contribution in [0.5, 0.6) is 0 Å². The van der Waals surface area contributed by atoms with E-state index in [9.17, 15) is 0 Å². The third-order valence-corrected chi connectivity index (χ3v) is 3.48. The molecule has 1 aliphatic heterocycles. The van der Waals surface area contributed by atoms with Gasteiger partial charge < -0.3 is 10.0 Å². The molecule has 2 heterocycles. The first-order valence-electron chi connectivity index (χ1n) is 6.22. The number of piperazine rings is 1. The molecule has 0 spiro atoms. The average molecular weight is 235 g/mol. The van der Waals surface area contributed by atoms with Gasteiger partial charge in [0.2, 0.25) is 0 Å². The zero-order valence-electron chi connectivity index (χ0n) is 10.4. The lowest BCUT2D eigenvalue weighted by Crippen LogP contribution is -2.51. The molecule has 1 aromatic heterocycles. The SMILES string of the molecule is CN1CCN(Cc2ccncc2)C[C@@H]1CCO. The Labute approximate surface area is 103 Å². The van der Waals surface area contributed by atoms with Crippen molar-refractivity contribution in [3.05, 3.63) is 30.1 Å². The Morgan fingerprint density at radius 2 is 2.12 bits per heavy atom. The Morgan fingerprint density at radius 3 is 2.82 bits per heavy atom. The lowest BCUT2D eigenvalue weighted by atomic mass is 10.1. The predicted molar refractivity (Wildman–Crippen MR) is 67.6 cm³/mol. The quantitative estimate of drug-likeness (QED) is 0.828. The Balaban J connectivity index is 1.90. The van der Waals surface area contributed by atoms with E-state index in [1.165, 1.54) is 5.56 Å². The molecule has 0 bridgehead atoms. The molecule has 2 rings (SSSR count). The summed E-state index contributed by atoms with van der Waals surface area (Å²) in [7, 11) is 2.14. The normalized spacial score (nSPS) is 22.8. The van der Waals surface area contributed by atoms with Gasteiger partial charge in [0.15, 0.2) is 0 Å². The van der Waals surface area contributed by atoms with E-state index in [-0.39, 0.29) is 6.61 Å². The molecule has 1 N–H and O–H groups in total. The molecule has 4 nitrogen and oxygen atoms in total. The fourth-order valence-corrected chi connectivity index (χ4v) is 2.36. The molecule has 0 unspecified atom stereocenters. The highest BCUT2D eigenvalue weighted by Gasteiger charge is 2.23. The molecule has 17 heavy (non-hydrogen) atoms. The Kier molecular flexibility index (Phi) is 4.48. The van der Waals surface area contributed by atoms with Gasteiger partial charge in [0.05, 0.1) is 0 Å². The predicted octanol–water partition coefficient (Wildman–Crippen LogP) is 0.580. The van der Waals surface area contributed by atoms with Crippen molar-refractivity contribution in [3.8, 4) is 0 Å². The highest BCUT2D eigenvalue weighted by Crippen LogP contribution is 2.13. The van der Waals surface area contributed by atoms with Crippen LogP contribution in [0.25, 0.3) is 0 Å². The van der Waals surface area contributed by atoms with Crippen molar-refractivity contribution in [1.82, 2.24) is 14.8 Å². The maximum atomic E-state index is 9.06. The molecule has 0 aliphatic carbocycles. The largest absolute Gasteiger partial charge is 0.396 e. The Hall–Kier alpha value is -0.970. The molecule has 1 atom stereocenters. The Morgan fingerprint density at radius 1 is 1.35 bits per heavy atom. The first kappa shape index (κ1) is 12.5. The topological polar surface area (TPSA) is 39.6 Å². The van der Waals surface area contributed by atoms with E-state index in [0.29, 0.717) is 6.04 Å². The summed E-state index contributed by atoms with van der Waals surface area (Å²) in [6, 6.07) is 4.62. The second kappa shape index (κ2) is 6.10. The standard InChI is InChI=1S/C13H21N3O/c1-15-7-8-16(11-13(15)4-9-17)10-12-2-5-14-6-3-12/h2-3,5-6,13,17H,4,7-11H2,1H3/t13-/m0/s1. The second-order valence-electron chi connectivity index (χ2n) is 4.74. The van der Waals surface area contributed by atoms with Gasteiger partial charge in [-0.25, -0.2) is 0 Å². The number of nitrogens with zero attached hydrogens (tertiary/aromatic N) is 3. The molecule has 0 radical (unpaired) electrons. The van der Waals surface area contributed by atoms with Gasteiger partial charge in [-0.2, -0.15) is 0 Å². The van der Waals surface area contributed by atoms with Gasteiger partial charge >= 0.3 is 0 Å². The minimum Gasteiger partial charge on any atom is -0.396 e. The van der Waals surface area contributed by atoms with Crippen molar-refractivity contribution in [3.63, 3.8) is 0 Å². The van der Waals surface area contributed by atoms with Gasteiger partial charge in [-0.3, -0.25) is 9.88 Å². The molecule has 4 heteroatoms. The molecule has 94 valence electrons. The lowest BCUT2D eigenvalue weighted by molar-refractivity contribution is 0.0743. The van der Waals surface area contributed by atoms with E-state index in [0.717, 1.165) is 32.6 Å². The van der Waals surface area contributed by atoms with Crippen molar-refractivity contribution in [2.75, 3.05) is 33.3 Å². The minimum absolute atomic E-state index is 0.276. The molecule has 1 fully saturated rings. The zero-order valence-corrected chi connectivity index (χ0v) is 10.4. The van der Waals surface area contributed by atoms with E-state index >= 15 is 0 Å². The summed E-state index contributed by atoms with van der Waals surface area (Å²) < 4.78 is 0. The van der Waals surface area contributed by atoms with Gasteiger partial charge in [-0.05, 0) is 31.2 Å². The van der Waals surface area contributed by atoms with E-state index in [1.807, 2.05) is 12.4 Å². The highest BCUT2D eigenvalue weighted by atomic mass is 16.3. The van der Waals surface area contributed by atoms with Crippen LogP contribution >= 0.6 is 0 Å². The van der Waals surface area contributed by atoms with Gasteiger partial charge in [-0.15, -0.1) is 0 Å². The molecule has 0 amide bonds. The summed E-state index contributed by atoms with van der Waals surface area (Å²) >= 11 is 0. The second-order valence-corrected chi connectivity index (χ2v) is 4.74. The van der Waals surface area contributed by atoms with Crippen molar-refractivity contribution >= 4 is 0 Å². The van der Waals surface area contributed by atoms with Crippen LogP contribution in [0.4, 0.5) is 0 Å². The smallest absolute Gasteiger partial charge is 0.0446 e. The minimum atomic E-state index is 0.276. The molecule has 0 aromatic carbocycles. The van der Waals surface area contributed by atoms with Crippen LogP contribution in [0.2, 0.25) is 0 Å².